The Morgan fingerprint density at radius 3 is 2.86 bits per heavy atom. The van der Waals surface area contributed by atoms with Crippen LogP contribution in [0.4, 0.5) is 0 Å². The second-order valence-corrected chi connectivity index (χ2v) is 5.84. The van der Waals surface area contributed by atoms with E-state index >= 15 is 0 Å². The summed E-state index contributed by atoms with van der Waals surface area (Å²) in [6, 6.07) is 0. The molecule has 6 heteroatoms. The molecule has 0 radical (unpaired) electrons. The van der Waals surface area contributed by atoms with Gasteiger partial charge in [-0.05, 0) is 26.7 Å². The van der Waals surface area contributed by atoms with E-state index in [1.165, 1.54) is 0 Å². The lowest BCUT2D eigenvalue weighted by atomic mass is 9.97. The number of piperidine rings is 1. The van der Waals surface area contributed by atoms with Crippen molar-refractivity contribution in [3.05, 3.63) is 35.2 Å². The van der Waals surface area contributed by atoms with E-state index in [-0.39, 0.29) is 5.91 Å². The lowest BCUT2D eigenvalue weighted by Crippen LogP contribution is -2.39. The average Bonchev–Trinajstić information content (AvgIpc) is 3.04. The maximum Gasteiger partial charge on any atom is 0.257 e. The minimum absolute atomic E-state index is 0.0774. The van der Waals surface area contributed by atoms with Crippen LogP contribution in [-0.4, -0.2) is 43.6 Å². The van der Waals surface area contributed by atoms with Crippen LogP contribution in [0.15, 0.2) is 12.4 Å². The molecule has 0 unspecified atom stereocenters. The number of aromatic amines is 1. The summed E-state index contributed by atoms with van der Waals surface area (Å²) in [5, 5.41) is 4.26. The molecule has 3 heterocycles. The molecule has 2 aromatic heterocycles. The van der Waals surface area contributed by atoms with Gasteiger partial charge in [-0.1, -0.05) is 0 Å². The van der Waals surface area contributed by atoms with E-state index < -0.39 is 0 Å². The highest BCUT2D eigenvalue weighted by atomic mass is 16.2. The molecule has 1 amide bonds. The lowest BCUT2D eigenvalue weighted by molar-refractivity contribution is 0.0704. The van der Waals surface area contributed by atoms with Crippen molar-refractivity contribution in [2.75, 3.05) is 13.1 Å². The van der Waals surface area contributed by atoms with E-state index in [2.05, 4.69) is 15.1 Å². The Morgan fingerprint density at radius 1 is 1.43 bits per heavy atom. The first-order valence-electron chi connectivity index (χ1n) is 7.35. The van der Waals surface area contributed by atoms with Crippen LogP contribution >= 0.6 is 0 Å². The van der Waals surface area contributed by atoms with Gasteiger partial charge in [0.05, 0.1) is 11.3 Å². The van der Waals surface area contributed by atoms with Gasteiger partial charge in [-0.2, -0.15) is 5.10 Å². The molecule has 1 atom stereocenters. The van der Waals surface area contributed by atoms with Crippen LogP contribution in [0.5, 0.6) is 0 Å². The molecule has 0 spiro atoms. The molecular formula is C15H21N5O. The number of aryl methyl sites for hydroxylation is 3. The Kier molecular flexibility index (Phi) is 3.53. The van der Waals surface area contributed by atoms with Crippen molar-refractivity contribution in [1.29, 1.82) is 0 Å². The molecule has 1 aliphatic rings. The Hall–Kier alpha value is -2.11. The molecule has 0 aliphatic carbocycles. The monoisotopic (exact) mass is 287 g/mol. The molecule has 21 heavy (non-hydrogen) atoms. The minimum atomic E-state index is 0.0774. The molecule has 0 bridgehead atoms. The number of amides is 1. The molecule has 112 valence electrons. The molecule has 6 nitrogen and oxygen atoms in total. The van der Waals surface area contributed by atoms with Gasteiger partial charge in [0.2, 0.25) is 0 Å². The number of H-pyrrole nitrogens is 1. The van der Waals surface area contributed by atoms with Gasteiger partial charge >= 0.3 is 0 Å². The Balaban J connectivity index is 1.77. The van der Waals surface area contributed by atoms with Crippen molar-refractivity contribution in [2.45, 2.75) is 32.6 Å². The Bertz CT molecular complexity index is 657. The quantitative estimate of drug-likeness (QED) is 0.915. The van der Waals surface area contributed by atoms with Gasteiger partial charge in [-0.15, -0.1) is 0 Å². The maximum absolute atomic E-state index is 12.7. The zero-order chi connectivity index (χ0) is 15.0. The van der Waals surface area contributed by atoms with Gasteiger partial charge in [0.15, 0.2) is 0 Å². The van der Waals surface area contributed by atoms with E-state index in [1.807, 2.05) is 32.0 Å². The molecule has 1 fully saturated rings. The van der Waals surface area contributed by atoms with E-state index in [0.29, 0.717) is 11.5 Å². The van der Waals surface area contributed by atoms with Crippen molar-refractivity contribution in [2.24, 2.45) is 7.05 Å². The van der Waals surface area contributed by atoms with E-state index in [9.17, 15) is 4.79 Å². The van der Waals surface area contributed by atoms with Crippen molar-refractivity contribution in [3.63, 3.8) is 0 Å². The zero-order valence-corrected chi connectivity index (χ0v) is 12.8. The zero-order valence-electron chi connectivity index (χ0n) is 12.8. The third-order valence-electron chi connectivity index (χ3n) is 4.06. The van der Waals surface area contributed by atoms with Crippen LogP contribution in [0.25, 0.3) is 0 Å². The first-order valence-corrected chi connectivity index (χ1v) is 7.35. The molecule has 0 aromatic carbocycles. The summed E-state index contributed by atoms with van der Waals surface area (Å²) in [4.78, 5) is 22.3. The highest BCUT2D eigenvalue weighted by molar-refractivity contribution is 5.95. The van der Waals surface area contributed by atoms with Crippen molar-refractivity contribution < 1.29 is 4.79 Å². The predicted molar refractivity (Wildman–Crippen MR) is 79.1 cm³/mol. The molecule has 2 aromatic rings. The largest absolute Gasteiger partial charge is 0.346 e. The number of hydrogen-bond donors (Lipinski definition) is 1. The number of imidazole rings is 1. The fourth-order valence-corrected chi connectivity index (χ4v) is 3.01. The summed E-state index contributed by atoms with van der Waals surface area (Å²) < 4.78 is 1.69. The summed E-state index contributed by atoms with van der Waals surface area (Å²) in [7, 11) is 1.84. The van der Waals surface area contributed by atoms with Gasteiger partial charge in [-0.3, -0.25) is 9.48 Å². The van der Waals surface area contributed by atoms with E-state index in [4.69, 9.17) is 0 Å². The number of nitrogens with zero attached hydrogens (tertiary/aromatic N) is 4. The molecule has 1 saturated heterocycles. The first kappa shape index (κ1) is 13.9. The number of carbonyl (C=O) groups is 1. The number of rotatable bonds is 2. The molecule has 1 aliphatic heterocycles. The summed E-state index contributed by atoms with van der Waals surface area (Å²) in [6.45, 7) is 5.41. The standard InChI is InChI=1S/C15H21N5O/c1-10-7-16-14(17-10)12-5-4-6-20(8-12)15(21)13-9-19(3)18-11(13)2/h7,9,12H,4-6,8H2,1-3H3,(H,16,17)/t12-/m0/s1. The number of nitrogens with one attached hydrogen (secondary N) is 1. The van der Waals surface area contributed by atoms with Crippen molar-refractivity contribution in [3.8, 4) is 0 Å². The summed E-state index contributed by atoms with van der Waals surface area (Å²) >= 11 is 0. The second-order valence-electron chi connectivity index (χ2n) is 5.84. The first-order chi connectivity index (χ1) is 10.0. The number of carbonyl (C=O) groups excluding carboxylic acids is 1. The topological polar surface area (TPSA) is 66.8 Å². The highest BCUT2D eigenvalue weighted by Crippen LogP contribution is 2.26. The Morgan fingerprint density at radius 2 is 2.24 bits per heavy atom. The second kappa shape index (κ2) is 5.35. The van der Waals surface area contributed by atoms with Gasteiger partial charge in [-0.25, -0.2) is 4.98 Å². The lowest BCUT2D eigenvalue weighted by Gasteiger charge is -2.31. The average molecular weight is 287 g/mol. The van der Waals surface area contributed by atoms with Gasteiger partial charge in [0, 0.05) is 44.1 Å². The van der Waals surface area contributed by atoms with E-state index in [1.54, 1.807) is 10.9 Å². The normalized spacial score (nSPS) is 19.0. The van der Waals surface area contributed by atoms with Crippen LogP contribution in [0, 0.1) is 13.8 Å². The van der Waals surface area contributed by atoms with Gasteiger partial charge < -0.3 is 9.88 Å². The molecule has 3 rings (SSSR count). The smallest absolute Gasteiger partial charge is 0.257 e. The van der Waals surface area contributed by atoms with Crippen molar-refractivity contribution >= 4 is 5.91 Å². The predicted octanol–water partition coefficient (Wildman–Crippen LogP) is 1.78. The van der Waals surface area contributed by atoms with Gasteiger partial charge in [0.1, 0.15) is 5.82 Å². The minimum Gasteiger partial charge on any atom is -0.346 e. The summed E-state index contributed by atoms with van der Waals surface area (Å²) in [5.74, 6) is 1.37. The Labute approximate surface area is 124 Å². The molecular weight excluding hydrogens is 266 g/mol. The van der Waals surface area contributed by atoms with Crippen molar-refractivity contribution in [1.82, 2.24) is 24.6 Å². The summed E-state index contributed by atoms with van der Waals surface area (Å²) in [5.41, 5.74) is 2.56. The third kappa shape index (κ3) is 2.70. The maximum atomic E-state index is 12.7. The van der Waals surface area contributed by atoms with Gasteiger partial charge in [0.25, 0.3) is 5.91 Å². The SMILES string of the molecule is Cc1cnc([C@H]2CCCN(C(=O)c3cn(C)nc3C)C2)[nH]1. The van der Waals surface area contributed by atoms with Crippen LogP contribution in [0.3, 0.4) is 0 Å². The van der Waals surface area contributed by atoms with Crippen LogP contribution in [-0.2, 0) is 7.05 Å². The number of likely N-dealkylation sites (tertiary alicyclic amines) is 1. The third-order valence-corrected chi connectivity index (χ3v) is 4.06. The number of hydrogen-bond acceptors (Lipinski definition) is 3. The fourth-order valence-electron chi connectivity index (χ4n) is 3.01. The van der Waals surface area contributed by atoms with Crippen LogP contribution in [0.2, 0.25) is 0 Å². The number of aromatic nitrogens is 4. The molecule has 1 N–H and O–H groups in total. The fraction of sp³-hybridized carbons (Fsp3) is 0.533. The highest BCUT2D eigenvalue weighted by Gasteiger charge is 2.28. The van der Waals surface area contributed by atoms with E-state index in [0.717, 1.165) is 43.1 Å². The molecule has 0 saturated carbocycles. The van der Waals surface area contributed by atoms with Crippen LogP contribution in [0.1, 0.15) is 46.3 Å². The summed E-state index contributed by atoms with van der Waals surface area (Å²) in [6.07, 6.45) is 5.73. The van der Waals surface area contributed by atoms with Crippen LogP contribution < -0.4 is 0 Å².